The van der Waals surface area contributed by atoms with Gasteiger partial charge in [0.25, 0.3) is 0 Å². The molecular weight excluding hydrogens is 412 g/mol. The fourth-order valence-electron chi connectivity index (χ4n) is 3.02. The molecule has 0 spiro atoms. The zero-order valence-corrected chi connectivity index (χ0v) is 19.2. The summed E-state index contributed by atoms with van der Waals surface area (Å²) in [6, 6.07) is 13.5. The molecular formula is C23H28N4O3S. The van der Waals surface area contributed by atoms with E-state index in [-0.39, 0.29) is 18.3 Å². The van der Waals surface area contributed by atoms with E-state index in [0.717, 1.165) is 16.8 Å². The van der Waals surface area contributed by atoms with Gasteiger partial charge in [0.1, 0.15) is 6.61 Å². The Morgan fingerprint density at radius 1 is 1.06 bits per heavy atom. The molecule has 0 aliphatic heterocycles. The molecule has 0 aliphatic rings. The van der Waals surface area contributed by atoms with Gasteiger partial charge in [-0.2, -0.15) is 0 Å². The molecule has 1 heterocycles. The number of carbonyl (C=O) groups excluding carboxylic acids is 1. The lowest BCUT2D eigenvalue weighted by Gasteiger charge is -2.13. The highest BCUT2D eigenvalue weighted by Gasteiger charge is 2.15. The van der Waals surface area contributed by atoms with E-state index in [1.54, 1.807) is 0 Å². The molecule has 1 amide bonds. The molecule has 0 unspecified atom stereocenters. The van der Waals surface area contributed by atoms with Crippen LogP contribution in [0.2, 0.25) is 0 Å². The predicted molar refractivity (Wildman–Crippen MR) is 123 cm³/mol. The molecule has 2 aromatic carbocycles. The quantitative estimate of drug-likeness (QED) is 0.464. The number of nitrogens with zero attached hydrogens (tertiary/aromatic N) is 3. The minimum absolute atomic E-state index is 0.0798. The van der Waals surface area contributed by atoms with Crippen LogP contribution >= 0.6 is 11.8 Å². The summed E-state index contributed by atoms with van der Waals surface area (Å²) in [4.78, 5) is 12.4. The van der Waals surface area contributed by atoms with Gasteiger partial charge in [-0.05, 0) is 57.0 Å². The molecule has 164 valence electrons. The molecule has 7 nitrogen and oxygen atoms in total. The minimum atomic E-state index is -0.0798. The second kappa shape index (κ2) is 10.9. The smallest absolute Gasteiger partial charge is 0.234 e. The molecule has 3 rings (SSSR count). The van der Waals surface area contributed by atoms with E-state index in [1.807, 2.05) is 74.7 Å². The summed E-state index contributed by atoms with van der Waals surface area (Å²) in [6.45, 7) is 9.45. The van der Waals surface area contributed by atoms with E-state index in [9.17, 15) is 4.79 Å². The van der Waals surface area contributed by atoms with Crippen LogP contribution in [0.5, 0.6) is 11.5 Å². The van der Waals surface area contributed by atoms with Crippen molar-refractivity contribution in [3.8, 4) is 11.5 Å². The number of anilines is 1. The van der Waals surface area contributed by atoms with Crippen LogP contribution in [-0.2, 0) is 17.9 Å². The van der Waals surface area contributed by atoms with Gasteiger partial charge in [-0.1, -0.05) is 36.0 Å². The van der Waals surface area contributed by atoms with Crippen molar-refractivity contribution in [2.75, 3.05) is 17.7 Å². The molecule has 0 atom stereocenters. The van der Waals surface area contributed by atoms with E-state index in [2.05, 4.69) is 15.5 Å². The van der Waals surface area contributed by atoms with Crippen molar-refractivity contribution in [2.24, 2.45) is 0 Å². The van der Waals surface area contributed by atoms with Crippen molar-refractivity contribution in [3.63, 3.8) is 0 Å². The summed E-state index contributed by atoms with van der Waals surface area (Å²) in [5.41, 5.74) is 2.96. The number of benzene rings is 2. The van der Waals surface area contributed by atoms with E-state index in [1.165, 1.54) is 11.8 Å². The Morgan fingerprint density at radius 3 is 2.61 bits per heavy atom. The average molecular weight is 441 g/mol. The molecule has 0 saturated heterocycles. The van der Waals surface area contributed by atoms with Crippen molar-refractivity contribution in [3.05, 3.63) is 59.4 Å². The van der Waals surface area contributed by atoms with Crippen LogP contribution in [0.1, 0.15) is 30.8 Å². The monoisotopic (exact) mass is 440 g/mol. The number of ether oxygens (including phenoxy) is 2. The molecule has 0 aliphatic carbocycles. The lowest BCUT2D eigenvalue weighted by Crippen LogP contribution is -2.15. The summed E-state index contributed by atoms with van der Waals surface area (Å²) < 4.78 is 13.6. The number of para-hydroxylation sites is 1. The number of nitrogens with one attached hydrogen (secondary N) is 1. The third kappa shape index (κ3) is 6.01. The number of rotatable bonds is 10. The van der Waals surface area contributed by atoms with Crippen LogP contribution in [0.25, 0.3) is 0 Å². The van der Waals surface area contributed by atoms with Crippen molar-refractivity contribution in [2.45, 2.75) is 46.0 Å². The van der Waals surface area contributed by atoms with Crippen LogP contribution < -0.4 is 14.8 Å². The standard InChI is InChI=1S/C23H28N4O3S/c1-5-27-21(14-30-19-12-11-16(3)13-20(19)29-6-2)25-26-23(27)31-15-22(28)24-18-10-8-7-9-17(18)4/h7-13H,5-6,14-15H2,1-4H3,(H,24,28). The molecule has 31 heavy (non-hydrogen) atoms. The van der Waals surface area contributed by atoms with Crippen LogP contribution in [-0.4, -0.2) is 33.0 Å². The van der Waals surface area contributed by atoms with Crippen LogP contribution in [0.15, 0.2) is 47.6 Å². The normalized spacial score (nSPS) is 10.7. The van der Waals surface area contributed by atoms with E-state index in [0.29, 0.717) is 35.6 Å². The van der Waals surface area contributed by atoms with E-state index >= 15 is 0 Å². The number of aromatic nitrogens is 3. The molecule has 0 fully saturated rings. The molecule has 0 saturated carbocycles. The fraction of sp³-hybridized carbons (Fsp3) is 0.348. The Hall–Kier alpha value is -3.00. The zero-order valence-electron chi connectivity index (χ0n) is 18.3. The van der Waals surface area contributed by atoms with Gasteiger partial charge in [0.2, 0.25) is 5.91 Å². The van der Waals surface area contributed by atoms with E-state index in [4.69, 9.17) is 9.47 Å². The van der Waals surface area contributed by atoms with Gasteiger partial charge in [-0.3, -0.25) is 4.79 Å². The Bertz CT molecular complexity index is 1040. The molecule has 8 heteroatoms. The first-order chi connectivity index (χ1) is 15.0. The number of carbonyl (C=O) groups is 1. The zero-order chi connectivity index (χ0) is 22.2. The Kier molecular flexibility index (Phi) is 7.94. The third-order valence-corrected chi connectivity index (χ3v) is 5.58. The Morgan fingerprint density at radius 2 is 1.87 bits per heavy atom. The second-order valence-electron chi connectivity index (χ2n) is 6.97. The van der Waals surface area contributed by atoms with Gasteiger partial charge in [0.05, 0.1) is 12.4 Å². The van der Waals surface area contributed by atoms with Gasteiger partial charge in [0.15, 0.2) is 22.5 Å². The third-order valence-electron chi connectivity index (χ3n) is 4.62. The number of thioether (sulfide) groups is 1. The highest BCUT2D eigenvalue weighted by atomic mass is 32.2. The maximum absolute atomic E-state index is 12.4. The maximum atomic E-state index is 12.4. The van der Waals surface area contributed by atoms with Crippen LogP contribution in [0.3, 0.4) is 0 Å². The SMILES string of the molecule is CCOc1cc(C)ccc1OCc1nnc(SCC(=O)Nc2ccccc2C)n1CC. The first kappa shape index (κ1) is 22.7. The first-order valence-corrected chi connectivity index (χ1v) is 11.3. The number of hydrogen-bond acceptors (Lipinski definition) is 6. The predicted octanol–water partition coefficient (Wildman–Crippen LogP) is 4.62. The van der Waals surface area contributed by atoms with Crippen molar-refractivity contribution in [1.82, 2.24) is 14.8 Å². The number of hydrogen-bond donors (Lipinski definition) is 1. The highest BCUT2D eigenvalue weighted by molar-refractivity contribution is 7.99. The van der Waals surface area contributed by atoms with Gasteiger partial charge in [0, 0.05) is 12.2 Å². The van der Waals surface area contributed by atoms with Crippen LogP contribution in [0.4, 0.5) is 5.69 Å². The molecule has 1 N–H and O–H groups in total. The van der Waals surface area contributed by atoms with Crippen LogP contribution in [0, 0.1) is 13.8 Å². The maximum Gasteiger partial charge on any atom is 0.234 e. The molecule has 3 aromatic rings. The Labute approximate surface area is 187 Å². The lowest BCUT2D eigenvalue weighted by molar-refractivity contribution is -0.113. The number of aryl methyl sites for hydroxylation is 2. The Balaban J connectivity index is 1.62. The highest BCUT2D eigenvalue weighted by Crippen LogP contribution is 2.29. The summed E-state index contributed by atoms with van der Waals surface area (Å²) in [7, 11) is 0. The van der Waals surface area contributed by atoms with Crippen molar-refractivity contribution in [1.29, 1.82) is 0 Å². The lowest BCUT2D eigenvalue weighted by atomic mass is 10.2. The van der Waals surface area contributed by atoms with Crippen molar-refractivity contribution < 1.29 is 14.3 Å². The van der Waals surface area contributed by atoms with Gasteiger partial charge < -0.3 is 19.4 Å². The summed E-state index contributed by atoms with van der Waals surface area (Å²) >= 11 is 1.36. The largest absolute Gasteiger partial charge is 0.490 e. The molecule has 0 bridgehead atoms. The fourth-order valence-corrected chi connectivity index (χ4v) is 3.85. The van der Waals surface area contributed by atoms with E-state index < -0.39 is 0 Å². The van der Waals surface area contributed by atoms with Gasteiger partial charge in [-0.25, -0.2) is 0 Å². The summed E-state index contributed by atoms with van der Waals surface area (Å²) in [5.74, 6) is 2.26. The van der Waals surface area contributed by atoms with Gasteiger partial charge in [-0.15, -0.1) is 10.2 Å². The summed E-state index contributed by atoms with van der Waals surface area (Å²) in [6.07, 6.45) is 0. The minimum Gasteiger partial charge on any atom is -0.490 e. The summed E-state index contributed by atoms with van der Waals surface area (Å²) in [5, 5.41) is 12.1. The molecule has 0 radical (unpaired) electrons. The topological polar surface area (TPSA) is 78.3 Å². The molecule has 1 aromatic heterocycles. The number of amides is 1. The van der Waals surface area contributed by atoms with Gasteiger partial charge >= 0.3 is 0 Å². The second-order valence-corrected chi connectivity index (χ2v) is 7.91. The average Bonchev–Trinajstić information content (AvgIpc) is 3.15. The van der Waals surface area contributed by atoms with Crippen molar-refractivity contribution >= 4 is 23.4 Å². The first-order valence-electron chi connectivity index (χ1n) is 10.3.